The van der Waals surface area contributed by atoms with Gasteiger partial charge in [-0.3, -0.25) is 0 Å². The smallest absolute Gasteiger partial charge is 0.399 e. The highest BCUT2D eigenvalue weighted by Gasteiger charge is 2.51. The number of nitrogens with zero attached hydrogens (tertiary/aromatic N) is 2. The SMILES string of the molecule is CC1(C)OB(c2ccc(-c3nccn3C3CCCCO3)cc2)OC1(C)C. The molecule has 2 aromatic rings. The molecule has 0 bridgehead atoms. The van der Waals surface area contributed by atoms with Crippen molar-refractivity contribution >= 4 is 12.6 Å². The summed E-state index contributed by atoms with van der Waals surface area (Å²) in [5, 5.41) is 0. The zero-order chi connectivity index (χ0) is 18.4. The number of aromatic nitrogens is 2. The van der Waals surface area contributed by atoms with Gasteiger partial charge in [0.2, 0.25) is 0 Å². The van der Waals surface area contributed by atoms with Crippen LogP contribution in [0.15, 0.2) is 36.7 Å². The number of hydrogen-bond donors (Lipinski definition) is 0. The Morgan fingerprint density at radius 2 is 1.73 bits per heavy atom. The average Bonchev–Trinajstić information content (AvgIpc) is 3.18. The summed E-state index contributed by atoms with van der Waals surface area (Å²) < 4.78 is 20.3. The maximum atomic E-state index is 6.14. The first kappa shape index (κ1) is 17.8. The van der Waals surface area contributed by atoms with Crippen LogP contribution in [0.2, 0.25) is 0 Å². The molecule has 2 aliphatic heterocycles. The molecule has 26 heavy (non-hydrogen) atoms. The molecule has 0 aliphatic carbocycles. The Balaban J connectivity index is 1.55. The Kier molecular flexibility index (Phi) is 4.45. The van der Waals surface area contributed by atoms with E-state index in [0.29, 0.717) is 0 Å². The predicted octanol–water partition coefficient (Wildman–Crippen LogP) is 3.55. The van der Waals surface area contributed by atoms with Gasteiger partial charge in [-0.2, -0.15) is 0 Å². The fourth-order valence-corrected chi connectivity index (χ4v) is 3.48. The van der Waals surface area contributed by atoms with Gasteiger partial charge in [0.25, 0.3) is 0 Å². The molecule has 1 unspecified atom stereocenters. The highest BCUT2D eigenvalue weighted by molar-refractivity contribution is 6.62. The number of hydrogen-bond acceptors (Lipinski definition) is 4. The van der Waals surface area contributed by atoms with Crippen molar-refractivity contribution in [3.63, 3.8) is 0 Å². The summed E-state index contributed by atoms with van der Waals surface area (Å²) in [6, 6.07) is 8.31. The van der Waals surface area contributed by atoms with Crippen LogP contribution in [0, 0.1) is 0 Å². The maximum absolute atomic E-state index is 6.14. The molecule has 1 atom stereocenters. The quantitative estimate of drug-likeness (QED) is 0.791. The van der Waals surface area contributed by atoms with Crippen molar-refractivity contribution < 1.29 is 14.0 Å². The molecule has 6 heteroatoms. The average molecular weight is 354 g/mol. The van der Waals surface area contributed by atoms with E-state index in [1.165, 1.54) is 6.42 Å². The second-order valence-electron chi connectivity index (χ2n) is 8.19. The number of imidazole rings is 1. The molecule has 3 heterocycles. The summed E-state index contributed by atoms with van der Waals surface area (Å²) in [5.74, 6) is 0.942. The lowest BCUT2D eigenvalue weighted by Crippen LogP contribution is -2.41. The van der Waals surface area contributed by atoms with E-state index in [4.69, 9.17) is 14.0 Å². The Hall–Kier alpha value is -1.63. The van der Waals surface area contributed by atoms with Gasteiger partial charge in [-0.05, 0) is 52.4 Å². The predicted molar refractivity (Wildman–Crippen MR) is 102 cm³/mol. The fourth-order valence-electron chi connectivity index (χ4n) is 3.48. The van der Waals surface area contributed by atoms with E-state index in [1.54, 1.807) is 0 Å². The maximum Gasteiger partial charge on any atom is 0.494 e. The minimum Gasteiger partial charge on any atom is -0.399 e. The highest BCUT2D eigenvalue weighted by Crippen LogP contribution is 2.36. The summed E-state index contributed by atoms with van der Waals surface area (Å²) >= 11 is 0. The van der Waals surface area contributed by atoms with Gasteiger partial charge in [0.05, 0.1) is 11.2 Å². The van der Waals surface area contributed by atoms with E-state index >= 15 is 0 Å². The third-order valence-corrected chi connectivity index (χ3v) is 5.83. The second kappa shape index (κ2) is 6.52. The van der Waals surface area contributed by atoms with Gasteiger partial charge in [0.1, 0.15) is 12.1 Å². The van der Waals surface area contributed by atoms with Gasteiger partial charge in [-0.25, -0.2) is 4.98 Å². The van der Waals surface area contributed by atoms with E-state index in [1.807, 2.05) is 12.4 Å². The minimum absolute atomic E-state index is 0.0871. The highest BCUT2D eigenvalue weighted by atomic mass is 16.7. The molecule has 0 N–H and O–H groups in total. The minimum atomic E-state index is -0.338. The molecule has 2 aliphatic rings. The molecule has 1 aromatic carbocycles. The summed E-state index contributed by atoms with van der Waals surface area (Å²) in [4.78, 5) is 4.56. The molecule has 0 spiro atoms. The van der Waals surface area contributed by atoms with Crippen molar-refractivity contribution in [1.29, 1.82) is 0 Å². The summed E-state index contributed by atoms with van der Waals surface area (Å²) in [7, 11) is -0.338. The molecule has 0 saturated carbocycles. The van der Waals surface area contributed by atoms with Gasteiger partial charge in [0, 0.05) is 24.6 Å². The van der Waals surface area contributed by atoms with E-state index in [2.05, 4.69) is 61.5 Å². The number of rotatable bonds is 3. The van der Waals surface area contributed by atoms with E-state index < -0.39 is 0 Å². The first-order valence-electron chi connectivity index (χ1n) is 9.48. The number of benzene rings is 1. The van der Waals surface area contributed by atoms with Gasteiger partial charge in [-0.1, -0.05) is 24.3 Å². The van der Waals surface area contributed by atoms with Crippen LogP contribution in [0.25, 0.3) is 11.4 Å². The topological polar surface area (TPSA) is 45.5 Å². The van der Waals surface area contributed by atoms with E-state index in [0.717, 1.165) is 36.3 Å². The lowest BCUT2D eigenvalue weighted by atomic mass is 9.79. The van der Waals surface area contributed by atoms with Crippen molar-refractivity contribution in [3.8, 4) is 11.4 Å². The molecular formula is C20H27BN2O3. The van der Waals surface area contributed by atoms with Gasteiger partial charge >= 0.3 is 7.12 Å². The van der Waals surface area contributed by atoms with Crippen LogP contribution in [0.4, 0.5) is 0 Å². The van der Waals surface area contributed by atoms with Gasteiger partial charge < -0.3 is 18.6 Å². The Bertz CT molecular complexity index is 748. The lowest BCUT2D eigenvalue weighted by Gasteiger charge is -2.32. The van der Waals surface area contributed by atoms with Crippen LogP contribution >= 0.6 is 0 Å². The summed E-state index contributed by atoms with van der Waals surface area (Å²) in [6.45, 7) is 9.11. The molecule has 2 saturated heterocycles. The lowest BCUT2D eigenvalue weighted by molar-refractivity contribution is -0.0309. The zero-order valence-corrected chi connectivity index (χ0v) is 16.1. The fraction of sp³-hybridized carbons (Fsp3) is 0.550. The van der Waals surface area contributed by atoms with Crippen LogP contribution in [0.3, 0.4) is 0 Å². The van der Waals surface area contributed by atoms with Crippen molar-refractivity contribution in [1.82, 2.24) is 9.55 Å². The zero-order valence-electron chi connectivity index (χ0n) is 16.1. The first-order chi connectivity index (χ1) is 12.4. The largest absolute Gasteiger partial charge is 0.494 e. The molecule has 5 nitrogen and oxygen atoms in total. The Morgan fingerprint density at radius 3 is 2.35 bits per heavy atom. The number of ether oxygens (including phenoxy) is 1. The van der Waals surface area contributed by atoms with Gasteiger partial charge in [0.15, 0.2) is 0 Å². The third-order valence-electron chi connectivity index (χ3n) is 5.83. The van der Waals surface area contributed by atoms with Crippen LogP contribution < -0.4 is 5.46 Å². The molecule has 1 aromatic heterocycles. The third kappa shape index (κ3) is 3.11. The Labute approximate surface area is 155 Å². The van der Waals surface area contributed by atoms with E-state index in [9.17, 15) is 0 Å². The van der Waals surface area contributed by atoms with Crippen LogP contribution in [-0.4, -0.2) is 34.5 Å². The van der Waals surface area contributed by atoms with Crippen molar-refractivity contribution in [3.05, 3.63) is 36.7 Å². The molecule has 4 rings (SSSR count). The first-order valence-corrected chi connectivity index (χ1v) is 9.48. The van der Waals surface area contributed by atoms with Gasteiger partial charge in [-0.15, -0.1) is 0 Å². The molecule has 2 fully saturated rings. The van der Waals surface area contributed by atoms with Crippen LogP contribution in [0.5, 0.6) is 0 Å². The Morgan fingerprint density at radius 1 is 1.04 bits per heavy atom. The van der Waals surface area contributed by atoms with E-state index in [-0.39, 0.29) is 24.5 Å². The molecular weight excluding hydrogens is 327 g/mol. The molecule has 138 valence electrons. The normalized spacial score (nSPS) is 24.8. The van der Waals surface area contributed by atoms with Crippen molar-refractivity contribution in [2.75, 3.05) is 6.61 Å². The standard InChI is InChI=1S/C20H27BN2O3/c1-19(2)20(3,4)26-21(25-19)16-10-8-15(9-11-16)18-22-12-13-23(18)17-7-5-6-14-24-17/h8-13,17H,5-7,14H2,1-4H3. The summed E-state index contributed by atoms with van der Waals surface area (Å²) in [6.07, 6.45) is 7.31. The molecule has 0 radical (unpaired) electrons. The molecule has 0 amide bonds. The van der Waals surface area contributed by atoms with Crippen LogP contribution in [0.1, 0.15) is 53.2 Å². The summed E-state index contributed by atoms with van der Waals surface area (Å²) in [5.41, 5.74) is 1.44. The van der Waals surface area contributed by atoms with Crippen molar-refractivity contribution in [2.24, 2.45) is 0 Å². The van der Waals surface area contributed by atoms with Crippen LogP contribution in [-0.2, 0) is 14.0 Å². The monoisotopic (exact) mass is 354 g/mol. The second-order valence-corrected chi connectivity index (χ2v) is 8.19. The van der Waals surface area contributed by atoms with Crippen molar-refractivity contribution in [2.45, 2.75) is 64.4 Å².